The molecule has 0 aliphatic carbocycles. The van der Waals surface area contributed by atoms with Crippen molar-refractivity contribution in [3.05, 3.63) is 55.5 Å². The fraction of sp³-hybridized carbons (Fsp3) is 0.286. The number of amides is 2. The molecule has 1 aliphatic heterocycles. The Kier molecular flexibility index (Phi) is 7.54. The van der Waals surface area contributed by atoms with Crippen LogP contribution in [0.1, 0.15) is 12.0 Å². The molecular weight excluding hydrogens is 522 g/mol. The monoisotopic (exact) mass is 539 g/mol. The van der Waals surface area contributed by atoms with Gasteiger partial charge in [0.05, 0.1) is 34.7 Å². The number of nitrogens with one attached hydrogen (secondary N) is 1. The first-order chi connectivity index (χ1) is 15.6. The minimum absolute atomic E-state index is 0.00507. The van der Waals surface area contributed by atoms with E-state index in [1.807, 2.05) is 0 Å². The van der Waals surface area contributed by atoms with E-state index >= 15 is 0 Å². The standard InChI is InChI=1S/C21H19BrClN3O7/c1-11-15(5-4-14(22)20(11)23)24-18(27)10-33-21(29)12-7-19(28)25(9-12)16-6-3-13(26(30)31)8-17(16)32-2/h3-6,8,12H,7,9-10H2,1-2H3,(H,24,27)/t12-/m1/s1. The van der Waals surface area contributed by atoms with Crippen LogP contribution in [0.2, 0.25) is 5.02 Å². The van der Waals surface area contributed by atoms with E-state index in [4.69, 9.17) is 21.1 Å². The zero-order chi connectivity index (χ0) is 24.3. The Morgan fingerprint density at radius 2 is 2.06 bits per heavy atom. The van der Waals surface area contributed by atoms with E-state index < -0.39 is 29.3 Å². The van der Waals surface area contributed by atoms with Gasteiger partial charge in [0.15, 0.2) is 6.61 Å². The Hall–Kier alpha value is -3.18. The quantitative estimate of drug-likeness (QED) is 0.321. The highest BCUT2D eigenvalue weighted by molar-refractivity contribution is 9.10. The molecule has 1 atom stereocenters. The minimum atomic E-state index is -0.797. The number of non-ortho nitro benzene ring substituents is 1. The highest BCUT2D eigenvalue weighted by Gasteiger charge is 2.37. The van der Waals surface area contributed by atoms with E-state index in [0.29, 0.717) is 26.4 Å². The fourth-order valence-corrected chi connectivity index (χ4v) is 3.92. The second kappa shape index (κ2) is 10.2. The summed E-state index contributed by atoms with van der Waals surface area (Å²) in [7, 11) is 1.33. The first-order valence-electron chi connectivity index (χ1n) is 9.66. The highest BCUT2D eigenvalue weighted by Crippen LogP contribution is 2.36. The zero-order valence-electron chi connectivity index (χ0n) is 17.6. The molecule has 12 heteroatoms. The number of halogens is 2. The average Bonchev–Trinajstić information content (AvgIpc) is 3.18. The molecule has 10 nitrogen and oxygen atoms in total. The van der Waals surface area contributed by atoms with Crippen molar-refractivity contribution in [3.63, 3.8) is 0 Å². The summed E-state index contributed by atoms with van der Waals surface area (Å²) in [6.07, 6.45) is -0.123. The maximum Gasteiger partial charge on any atom is 0.311 e. The third kappa shape index (κ3) is 5.42. The summed E-state index contributed by atoms with van der Waals surface area (Å²) in [6, 6.07) is 7.19. The number of nitro benzene ring substituents is 1. The van der Waals surface area contributed by atoms with E-state index in [0.717, 1.165) is 0 Å². The number of hydrogen-bond acceptors (Lipinski definition) is 7. The molecule has 1 heterocycles. The second-order valence-electron chi connectivity index (χ2n) is 7.21. The molecule has 0 saturated carbocycles. The molecule has 0 radical (unpaired) electrons. The lowest BCUT2D eigenvalue weighted by Crippen LogP contribution is -2.28. The van der Waals surface area contributed by atoms with Gasteiger partial charge in [0, 0.05) is 29.2 Å². The van der Waals surface area contributed by atoms with Gasteiger partial charge in [0.2, 0.25) is 5.91 Å². The maximum absolute atomic E-state index is 12.5. The number of hydrogen-bond donors (Lipinski definition) is 1. The highest BCUT2D eigenvalue weighted by atomic mass is 79.9. The number of carbonyl (C=O) groups is 3. The molecule has 2 aromatic rings. The van der Waals surface area contributed by atoms with Crippen LogP contribution >= 0.6 is 27.5 Å². The van der Waals surface area contributed by atoms with Gasteiger partial charge >= 0.3 is 5.97 Å². The van der Waals surface area contributed by atoms with Crippen LogP contribution in [-0.4, -0.2) is 43.0 Å². The molecule has 2 amide bonds. The lowest BCUT2D eigenvalue weighted by atomic mass is 10.1. The summed E-state index contributed by atoms with van der Waals surface area (Å²) in [5.41, 5.74) is 1.26. The van der Waals surface area contributed by atoms with Crippen LogP contribution < -0.4 is 15.0 Å². The number of nitro groups is 1. The van der Waals surface area contributed by atoms with Gasteiger partial charge in [-0.1, -0.05) is 11.6 Å². The summed E-state index contributed by atoms with van der Waals surface area (Å²) in [5.74, 6) is -2.28. The van der Waals surface area contributed by atoms with Gasteiger partial charge < -0.3 is 19.7 Å². The van der Waals surface area contributed by atoms with Crippen molar-refractivity contribution in [2.75, 3.05) is 30.5 Å². The Labute approximate surface area is 202 Å². The first kappa shape index (κ1) is 24.5. The third-order valence-electron chi connectivity index (χ3n) is 5.08. The number of anilines is 2. The molecule has 0 bridgehead atoms. The smallest absolute Gasteiger partial charge is 0.311 e. The Bertz CT molecular complexity index is 1140. The van der Waals surface area contributed by atoms with E-state index in [-0.39, 0.29) is 30.3 Å². The molecule has 174 valence electrons. The van der Waals surface area contributed by atoms with Gasteiger partial charge in [-0.25, -0.2) is 0 Å². The minimum Gasteiger partial charge on any atom is -0.494 e. The SMILES string of the molecule is COc1cc([N+](=O)[O-])ccc1N1C[C@H](C(=O)OCC(=O)Nc2ccc(Br)c(Cl)c2C)CC1=O. The first-order valence-corrected chi connectivity index (χ1v) is 10.8. The number of carbonyl (C=O) groups excluding carboxylic acids is 3. The van der Waals surface area contributed by atoms with Crippen LogP contribution in [0, 0.1) is 23.0 Å². The van der Waals surface area contributed by atoms with Crippen molar-refractivity contribution in [1.82, 2.24) is 0 Å². The topological polar surface area (TPSA) is 128 Å². The fourth-order valence-electron chi connectivity index (χ4n) is 3.33. The van der Waals surface area contributed by atoms with Crippen LogP contribution in [0.4, 0.5) is 17.1 Å². The molecular formula is C21H19BrClN3O7. The van der Waals surface area contributed by atoms with Gasteiger partial charge in [-0.15, -0.1) is 0 Å². The van der Waals surface area contributed by atoms with Gasteiger partial charge in [-0.3, -0.25) is 24.5 Å². The van der Waals surface area contributed by atoms with Crippen molar-refractivity contribution in [2.24, 2.45) is 5.92 Å². The summed E-state index contributed by atoms with van der Waals surface area (Å²) in [6.45, 7) is 1.20. The van der Waals surface area contributed by atoms with Gasteiger partial charge in [-0.2, -0.15) is 0 Å². The third-order valence-corrected chi connectivity index (χ3v) is 6.46. The summed E-state index contributed by atoms with van der Waals surface area (Å²) in [4.78, 5) is 48.9. The van der Waals surface area contributed by atoms with E-state index in [9.17, 15) is 24.5 Å². The van der Waals surface area contributed by atoms with Crippen LogP contribution in [0.15, 0.2) is 34.8 Å². The predicted octanol–water partition coefficient (Wildman–Crippen LogP) is 3.86. The van der Waals surface area contributed by atoms with E-state index in [1.54, 1.807) is 19.1 Å². The number of benzene rings is 2. The predicted molar refractivity (Wildman–Crippen MR) is 124 cm³/mol. The summed E-state index contributed by atoms with van der Waals surface area (Å²) >= 11 is 9.44. The molecule has 3 rings (SSSR count). The summed E-state index contributed by atoms with van der Waals surface area (Å²) < 4.78 is 11.0. The van der Waals surface area contributed by atoms with Crippen molar-refractivity contribution >= 4 is 62.4 Å². The zero-order valence-corrected chi connectivity index (χ0v) is 19.9. The molecule has 0 unspecified atom stereocenters. The van der Waals surface area contributed by atoms with Crippen LogP contribution in [-0.2, 0) is 19.1 Å². The van der Waals surface area contributed by atoms with Gasteiger partial charge in [0.1, 0.15) is 5.75 Å². The van der Waals surface area contributed by atoms with Crippen molar-refractivity contribution in [2.45, 2.75) is 13.3 Å². The van der Waals surface area contributed by atoms with Crippen molar-refractivity contribution in [3.8, 4) is 5.75 Å². The van der Waals surface area contributed by atoms with Crippen LogP contribution in [0.3, 0.4) is 0 Å². The molecule has 0 aromatic heterocycles. The number of methoxy groups -OCH3 is 1. The van der Waals surface area contributed by atoms with E-state index in [2.05, 4.69) is 21.2 Å². The summed E-state index contributed by atoms with van der Waals surface area (Å²) in [5, 5.41) is 14.0. The van der Waals surface area contributed by atoms with Gasteiger partial charge in [0.25, 0.3) is 11.6 Å². The van der Waals surface area contributed by atoms with Crippen LogP contribution in [0.25, 0.3) is 0 Å². The second-order valence-corrected chi connectivity index (χ2v) is 8.44. The molecule has 1 aliphatic rings. The Morgan fingerprint density at radius 1 is 1.33 bits per heavy atom. The molecule has 2 aromatic carbocycles. The number of esters is 1. The number of ether oxygens (including phenoxy) is 2. The van der Waals surface area contributed by atoms with Gasteiger partial charge in [-0.05, 0) is 46.6 Å². The van der Waals surface area contributed by atoms with Crippen molar-refractivity contribution in [1.29, 1.82) is 0 Å². The average molecular weight is 541 g/mol. The maximum atomic E-state index is 12.5. The molecule has 1 saturated heterocycles. The Morgan fingerprint density at radius 3 is 2.73 bits per heavy atom. The molecule has 33 heavy (non-hydrogen) atoms. The number of nitrogens with zero attached hydrogens (tertiary/aromatic N) is 2. The molecule has 0 spiro atoms. The van der Waals surface area contributed by atoms with E-state index in [1.165, 1.54) is 30.2 Å². The molecule has 1 fully saturated rings. The Balaban J connectivity index is 1.61. The normalized spacial score (nSPS) is 15.3. The van der Waals surface area contributed by atoms with Crippen LogP contribution in [0.5, 0.6) is 5.75 Å². The lowest BCUT2D eigenvalue weighted by molar-refractivity contribution is -0.384. The lowest BCUT2D eigenvalue weighted by Gasteiger charge is -2.19. The largest absolute Gasteiger partial charge is 0.494 e. The molecule has 1 N–H and O–H groups in total. The van der Waals surface area contributed by atoms with Crippen molar-refractivity contribution < 1.29 is 28.8 Å². The number of rotatable bonds is 7.